The lowest BCUT2D eigenvalue weighted by atomic mass is 10.1. The summed E-state index contributed by atoms with van der Waals surface area (Å²) in [5, 5.41) is 4.79. The molecule has 0 aliphatic carbocycles. The highest BCUT2D eigenvalue weighted by atomic mass is 32.1. The minimum Gasteiger partial charge on any atom is -0.381 e. The fraction of sp³-hybridized carbons (Fsp3) is 0.786. The second-order valence-electron chi connectivity index (χ2n) is 5.27. The molecule has 1 N–H and O–H groups in total. The molecule has 1 aliphatic rings. The van der Waals surface area contributed by atoms with Gasteiger partial charge in [-0.15, -0.1) is 11.3 Å². The largest absolute Gasteiger partial charge is 0.381 e. The summed E-state index contributed by atoms with van der Waals surface area (Å²) in [4.78, 5) is 6.28. The van der Waals surface area contributed by atoms with Gasteiger partial charge in [0, 0.05) is 30.0 Å². The maximum Gasteiger partial charge on any atom is 0.0986 e. The first kappa shape index (κ1) is 14.0. The summed E-state index contributed by atoms with van der Waals surface area (Å²) in [7, 11) is 0. The van der Waals surface area contributed by atoms with Crippen LogP contribution in [0, 0.1) is 0 Å². The van der Waals surface area contributed by atoms with Crippen LogP contribution >= 0.6 is 11.3 Å². The highest BCUT2D eigenvalue weighted by Gasteiger charge is 2.22. The van der Waals surface area contributed by atoms with Gasteiger partial charge >= 0.3 is 0 Å². The van der Waals surface area contributed by atoms with Gasteiger partial charge in [0.15, 0.2) is 0 Å². The fourth-order valence-corrected chi connectivity index (χ4v) is 3.36. The van der Waals surface area contributed by atoms with E-state index in [-0.39, 0.29) is 0 Å². The number of rotatable bonds is 6. The normalized spacial score (nSPS) is 19.9. The van der Waals surface area contributed by atoms with Crippen LogP contribution in [0.2, 0.25) is 0 Å². The van der Waals surface area contributed by atoms with E-state index in [9.17, 15) is 0 Å². The Kier molecular flexibility index (Phi) is 5.15. The van der Waals surface area contributed by atoms with Crippen molar-refractivity contribution in [2.24, 2.45) is 0 Å². The Balaban J connectivity index is 2.09. The van der Waals surface area contributed by atoms with Gasteiger partial charge in [-0.25, -0.2) is 4.98 Å². The lowest BCUT2D eigenvalue weighted by molar-refractivity contribution is 0.194. The van der Waals surface area contributed by atoms with Crippen LogP contribution in [0.5, 0.6) is 0 Å². The monoisotopic (exact) mass is 268 g/mol. The first-order valence-corrected chi connectivity index (χ1v) is 7.82. The third-order valence-corrected chi connectivity index (χ3v) is 4.49. The molecule has 2 rings (SSSR count). The molecule has 1 saturated heterocycles. The minimum atomic E-state index is 0.528. The van der Waals surface area contributed by atoms with Gasteiger partial charge in [-0.3, -0.25) is 0 Å². The average molecular weight is 268 g/mol. The van der Waals surface area contributed by atoms with Crippen molar-refractivity contribution in [1.82, 2.24) is 10.3 Å². The minimum absolute atomic E-state index is 0.528. The van der Waals surface area contributed by atoms with Crippen LogP contribution in [0.3, 0.4) is 0 Å². The number of hydrogen-bond acceptors (Lipinski definition) is 4. The Hall–Kier alpha value is -0.450. The van der Waals surface area contributed by atoms with Crippen LogP contribution < -0.4 is 5.32 Å². The molecule has 102 valence electrons. The van der Waals surface area contributed by atoms with E-state index in [0.717, 1.165) is 32.6 Å². The Labute approximate surface area is 114 Å². The van der Waals surface area contributed by atoms with Crippen LogP contribution in [0.1, 0.15) is 55.1 Å². The number of nitrogens with one attached hydrogen (secondary N) is 1. The van der Waals surface area contributed by atoms with Gasteiger partial charge in [0.05, 0.1) is 17.3 Å². The van der Waals surface area contributed by atoms with E-state index in [1.54, 1.807) is 0 Å². The van der Waals surface area contributed by atoms with Crippen LogP contribution in [-0.2, 0) is 17.7 Å². The van der Waals surface area contributed by atoms with E-state index < -0.39 is 0 Å². The molecular weight excluding hydrogens is 244 g/mol. The number of hydrogen-bond donors (Lipinski definition) is 1. The molecule has 1 aromatic rings. The van der Waals surface area contributed by atoms with E-state index in [2.05, 4.69) is 26.1 Å². The topological polar surface area (TPSA) is 34.1 Å². The van der Waals surface area contributed by atoms with Crippen molar-refractivity contribution in [1.29, 1.82) is 0 Å². The maximum atomic E-state index is 5.47. The Morgan fingerprint density at radius 3 is 2.94 bits per heavy atom. The lowest BCUT2D eigenvalue weighted by Crippen LogP contribution is -2.21. The van der Waals surface area contributed by atoms with Gasteiger partial charge in [-0.1, -0.05) is 27.2 Å². The van der Waals surface area contributed by atoms with Crippen molar-refractivity contribution in [3.8, 4) is 0 Å². The third kappa shape index (κ3) is 3.53. The van der Waals surface area contributed by atoms with Gasteiger partial charge in [0.2, 0.25) is 0 Å². The first-order chi connectivity index (χ1) is 8.70. The molecule has 4 heteroatoms. The summed E-state index contributed by atoms with van der Waals surface area (Å²) in [6.07, 6.45) is 3.40. The van der Waals surface area contributed by atoms with Crippen molar-refractivity contribution in [2.75, 3.05) is 13.2 Å². The molecule has 0 saturated carbocycles. The van der Waals surface area contributed by atoms with E-state index >= 15 is 0 Å². The van der Waals surface area contributed by atoms with Crippen molar-refractivity contribution >= 4 is 11.3 Å². The Morgan fingerprint density at radius 1 is 1.50 bits per heavy atom. The SMILES string of the molecule is CCCc1nc(C2CCOC2)sc1CNC(C)C. The predicted octanol–water partition coefficient (Wildman–Crippen LogP) is 3.10. The average Bonchev–Trinajstić information content (AvgIpc) is 2.95. The fourth-order valence-electron chi connectivity index (χ4n) is 2.17. The number of ether oxygens (including phenoxy) is 1. The van der Waals surface area contributed by atoms with Crippen LogP contribution in [0.25, 0.3) is 0 Å². The first-order valence-electron chi connectivity index (χ1n) is 7.00. The van der Waals surface area contributed by atoms with Gasteiger partial charge in [0.1, 0.15) is 0 Å². The highest BCUT2D eigenvalue weighted by molar-refractivity contribution is 7.11. The zero-order valence-corrected chi connectivity index (χ0v) is 12.5. The van der Waals surface area contributed by atoms with Crippen molar-refractivity contribution in [3.05, 3.63) is 15.6 Å². The summed E-state index contributed by atoms with van der Waals surface area (Å²) in [5.74, 6) is 0.540. The van der Waals surface area contributed by atoms with Gasteiger partial charge < -0.3 is 10.1 Å². The maximum absolute atomic E-state index is 5.47. The molecule has 18 heavy (non-hydrogen) atoms. The second-order valence-corrected chi connectivity index (χ2v) is 6.38. The summed E-state index contributed by atoms with van der Waals surface area (Å²) in [6, 6.07) is 0.528. The van der Waals surface area contributed by atoms with Gasteiger partial charge in [-0.05, 0) is 12.8 Å². The number of aryl methyl sites for hydroxylation is 1. The molecule has 0 amide bonds. The van der Waals surface area contributed by atoms with E-state index in [0.29, 0.717) is 12.0 Å². The molecule has 1 aromatic heterocycles. The zero-order chi connectivity index (χ0) is 13.0. The molecule has 0 aromatic carbocycles. The molecule has 2 heterocycles. The van der Waals surface area contributed by atoms with Crippen LogP contribution in [0.4, 0.5) is 0 Å². The molecule has 1 atom stereocenters. The van der Waals surface area contributed by atoms with Gasteiger partial charge in [0.25, 0.3) is 0 Å². The summed E-state index contributed by atoms with van der Waals surface area (Å²) < 4.78 is 5.47. The van der Waals surface area contributed by atoms with Crippen molar-refractivity contribution in [3.63, 3.8) is 0 Å². The number of aromatic nitrogens is 1. The van der Waals surface area contributed by atoms with E-state index in [1.165, 1.54) is 22.0 Å². The second kappa shape index (κ2) is 6.64. The molecule has 3 nitrogen and oxygen atoms in total. The summed E-state index contributed by atoms with van der Waals surface area (Å²) in [6.45, 7) is 9.30. The molecular formula is C14H24N2OS. The van der Waals surface area contributed by atoms with Crippen molar-refractivity contribution in [2.45, 2.75) is 58.5 Å². The molecule has 1 fully saturated rings. The third-order valence-electron chi connectivity index (χ3n) is 3.23. The van der Waals surface area contributed by atoms with Crippen LogP contribution in [0.15, 0.2) is 0 Å². The smallest absolute Gasteiger partial charge is 0.0986 e. The molecule has 0 radical (unpaired) electrons. The molecule has 0 spiro atoms. The molecule has 1 aliphatic heterocycles. The molecule has 0 bridgehead atoms. The van der Waals surface area contributed by atoms with E-state index in [4.69, 9.17) is 9.72 Å². The predicted molar refractivity (Wildman–Crippen MR) is 76.3 cm³/mol. The number of thiazole rings is 1. The summed E-state index contributed by atoms with van der Waals surface area (Å²) in [5.41, 5.74) is 1.30. The van der Waals surface area contributed by atoms with E-state index in [1.807, 2.05) is 11.3 Å². The standard InChI is InChI=1S/C14H24N2OS/c1-4-5-12-13(8-15-10(2)3)18-14(16-12)11-6-7-17-9-11/h10-11,15H,4-9H2,1-3H3. The highest BCUT2D eigenvalue weighted by Crippen LogP contribution is 2.31. The van der Waals surface area contributed by atoms with Crippen molar-refractivity contribution < 1.29 is 4.74 Å². The summed E-state index contributed by atoms with van der Waals surface area (Å²) >= 11 is 1.89. The lowest BCUT2D eigenvalue weighted by Gasteiger charge is -2.07. The Bertz CT molecular complexity index is 370. The zero-order valence-electron chi connectivity index (χ0n) is 11.7. The Morgan fingerprint density at radius 2 is 2.33 bits per heavy atom. The van der Waals surface area contributed by atoms with Gasteiger partial charge in [-0.2, -0.15) is 0 Å². The molecule has 1 unspecified atom stereocenters. The number of nitrogens with zero attached hydrogens (tertiary/aromatic N) is 1. The quantitative estimate of drug-likeness (QED) is 0.861. The van der Waals surface area contributed by atoms with Crippen LogP contribution in [-0.4, -0.2) is 24.2 Å².